The Morgan fingerprint density at radius 1 is 0.431 bits per heavy atom. The number of benzene rings is 8. The summed E-state index contributed by atoms with van der Waals surface area (Å²) in [5, 5.41) is 2.17. The monoisotopic (exact) mass is 746 g/mol. The molecular formula is C55H42N2O. The predicted octanol–water partition coefficient (Wildman–Crippen LogP) is 15.5. The lowest BCUT2D eigenvalue weighted by Crippen LogP contribution is -2.09. The van der Waals surface area contributed by atoms with Gasteiger partial charge in [0.2, 0.25) is 0 Å². The second kappa shape index (κ2) is 13.3. The fourth-order valence-corrected chi connectivity index (χ4v) is 9.42. The molecule has 10 aromatic rings. The van der Waals surface area contributed by atoms with E-state index in [1.165, 1.54) is 66.9 Å². The van der Waals surface area contributed by atoms with Crippen molar-refractivity contribution in [3.8, 4) is 72.7 Å². The summed E-state index contributed by atoms with van der Waals surface area (Å²) < 4.78 is 9.78. The van der Waals surface area contributed by atoms with Gasteiger partial charge in [-0.15, -0.1) is 0 Å². The lowest BCUT2D eigenvalue weighted by molar-refractivity contribution is 0.670. The third kappa shape index (κ3) is 5.16. The van der Waals surface area contributed by atoms with Crippen LogP contribution in [0.2, 0.25) is 0 Å². The molecule has 3 heteroatoms. The molecule has 8 aromatic carbocycles. The zero-order chi connectivity index (χ0) is 39.1. The molecule has 0 N–H and O–H groups in total. The van der Waals surface area contributed by atoms with Crippen LogP contribution >= 0.6 is 0 Å². The van der Waals surface area contributed by atoms with E-state index >= 15 is 0 Å². The van der Waals surface area contributed by atoms with Gasteiger partial charge in [-0.3, -0.25) is 4.57 Å². The minimum absolute atomic E-state index is 0.264. The van der Waals surface area contributed by atoms with E-state index in [2.05, 4.69) is 202 Å². The summed E-state index contributed by atoms with van der Waals surface area (Å²) in [4.78, 5) is 5.47. The first kappa shape index (κ1) is 34.3. The maximum atomic E-state index is 7.36. The number of aromatic nitrogens is 2. The lowest BCUT2D eigenvalue weighted by Gasteiger charge is -2.24. The van der Waals surface area contributed by atoms with Crippen LogP contribution in [0.1, 0.15) is 50.7 Å². The third-order valence-electron chi connectivity index (χ3n) is 12.1. The van der Waals surface area contributed by atoms with Crippen LogP contribution in [0.25, 0.3) is 106 Å². The molecule has 2 heterocycles. The average molecular weight is 747 g/mol. The third-order valence-corrected chi connectivity index (χ3v) is 12.1. The normalized spacial score (nSPS) is 12.1. The Balaban J connectivity index is 1.22. The molecule has 58 heavy (non-hydrogen) atoms. The van der Waals surface area contributed by atoms with Crippen LogP contribution in [0.15, 0.2) is 174 Å². The summed E-state index contributed by atoms with van der Waals surface area (Å²) in [6.45, 7) is 9.22. The maximum absolute atomic E-state index is 7.36. The van der Waals surface area contributed by atoms with Crippen molar-refractivity contribution < 1.29 is 4.42 Å². The van der Waals surface area contributed by atoms with Crippen molar-refractivity contribution in [1.29, 1.82) is 0 Å². The van der Waals surface area contributed by atoms with Crippen molar-refractivity contribution >= 4 is 33.0 Å². The lowest BCUT2D eigenvalue weighted by atomic mass is 9.80. The highest BCUT2D eigenvalue weighted by molar-refractivity contribution is 6.18. The van der Waals surface area contributed by atoms with Crippen molar-refractivity contribution in [2.24, 2.45) is 0 Å². The molecule has 11 rings (SSSR count). The zero-order valence-electron chi connectivity index (χ0n) is 33.1. The van der Waals surface area contributed by atoms with Crippen molar-refractivity contribution in [2.45, 2.75) is 39.5 Å². The Hall–Kier alpha value is -6.97. The van der Waals surface area contributed by atoms with E-state index in [0.29, 0.717) is 0 Å². The average Bonchev–Trinajstić information content (AvgIpc) is 3.84. The van der Waals surface area contributed by atoms with Crippen LogP contribution < -0.4 is 0 Å². The standard InChI is InChI=1S/C55H42N2O/c1-33(2)47-31-36(35-17-6-5-7-18-35)32-48(34(3)4)52(47)57-50-28-15-14-27-49(50)56-55(57)46-26-16-25-44-45-30-29-43-41-23-11-10-21-39(41)37-19-8-9-20-38(37)40-22-12-13-24-42(40)51(43)54(45)58-53(44)46/h5-34H,1-4H3. The summed E-state index contributed by atoms with van der Waals surface area (Å²) in [5.41, 5.74) is 20.5. The van der Waals surface area contributed by atoms with Crippen LogP contribution in [0.4, 0.5) is 0 Å². The molecule has 2 aromatic heterocycles. The Labute approximate surface area is 338 Å². The molecule has 0 radical (unpaired) electrons. The molecule has 0 atom stereocenters. The number of hydrogen-bond acceptors (Lipinski definition) is 2. The van der Waals surface area contributed by atoms with Gasteiger partial charge in [0.1, 0.15) is 17.0 Å². The van der Waals surface area contributed by atoms with E-state index in [0.717, 1.165) is 49.9 Å². The molecule has 0 saturated heterocycles. The van der Waals surface area contributed by atoms with E-state index in [1.807, 2.05) is 0 Å². The highest BCUT2D eigenvalue weighted by Gasteiger charge is 2.28. The van der Waals surface area contributed by atoms with Crippen molar-refractivity contribution in [3.05, 3.63) is 181 Å². The van der Waals surface area contributed by atoms with Gasteiger partial charge in [-0.05, 0) is 109 Å². The largest absolute Gasteiger partial charge is 0.455 e. The van der Waals surface area contributed by atoms with Gasteiger partial charge in [-0.25, -0.2) is 4.98 Å². The zero-order valence-corrected chi connectivity index (χ0v) is 33.1. The molecule has 1 aliphatic carbocycles. The van der Waals surface area contributed by atoms with Crippen LogP contribution in [-0.2, 0) is 0 Å². The number of imidazole rings is 1. The molecule has 1 aliphatic rings. The number of rotatable bonds is 5. The summed E-state index contributed by atoms with van der Waals surface area (Å²) in [7, 11) is 0. The Kier molecular flexibility index (Phi) is 7.87. The number of furan rings is 1. The molecule has 0 spiro atoms. The molecule has 0 bridgehead atoms. The summed E-state index contributed by atoms with van der Waals surface area (Å²) in [6, 6.07) is 61.6. The van der Waals surface area contributed by atoms with Gasteiger partial charge >= 0.3 is 0 Å². The Bertz CT molecular complexity index is 3200. The number of nitrogens with zero attached hydrogens (tertiary/aromatic N) is 2. The minimum Gasteiger partial charge on any atom is -0.455 e. The van der Waals surface area contributed by atoms with Gasteiger partial charge in [0.25, 0.3) is 0 Å². The van der Waals surface area contributed by atoms with Gasteiger partial charge in [0, 0.05) is 16.3 Å². The first-order chi connectivity index (χ1) is 28.5. The van der Waals surface area contributed by atoms with Gasteiger partial charge in [0.15, 0.2) is 0 Å². The highest BCUT2D eigenvalue weighted by atomic mass is 16.3. The smallest absolute Gasteiger partial charge is 0.149 e. The summed E-state index contributed by atoms with van der Waals surface area (Å²) in [6.07, 6.45) is 0. The van der Waals surface area contributed by atoms with Crippen molar-refractivity contribution in [3.63, 3.8) is 0 Å². The summed E-state index contributed by atoms with van der Waals surface area (Å²) in [5.74, 6) is 1.41. The van der Waals surface area contributed by atoms with Gasteiger partial charge in [-0.1, -0.05) is 161 Å². The van der Waals surface area contributed by atoms with Gasteiger partial charge in [-0.2, -0.15) is 0 Å². The van der Waals surface area contributed by atoms with Crippen LogP contribution in [-0.4, -0.2) is 9.55 Å². The highest BCUT2D eigenvalue weighted by Crippen LogP contribution is 2.52. The van der Waals surface area contributed by atoms with Crippen LogP contribution in [0, 0.1) is 0 Å². The fraction of sp³-hybridized carbons (Fsp3) is 0.109. The molecular weight excluding hydrogens is 705 g/mol. The second-order valence-electron chi connectivity index (χ2n) is 16.2. The van der Waals surface area contributed by atoms with Crippen LogP contribution in [0.5, 0.6) is 0 Å². The minimum atomic E-state index is 0.264. The van der Waals surface area contributed by atoms with E-state index < -0.39 is 0 Å². The topological polar surface area (TPSA) is 31.0 Å². The number of para-hydroxylation sites is 3. The van der Waals surface area contributed by atoms with Gasteiger partial charge < -0.3 is 4.42 Å². The first-order valence-electron chi connectivity index (χ1n) is 20.4. The molecule has 0 amide bonds. The van der Waals surface area contributed by atoms with E-state index in [1.54, 1.807) is 0 Å². The van der Waals surface area contributed by atoms with E-state index in [-0.39, 0.29) is 11.8 Å². The molecule has 0 saturated carbocycles. The van der Waals surface area contributed by atoms with Crippen LogP contribution in [0.3, 0.4) is 0 Å². The summed E-state index contributed by atoms with van der Waals surface area (Å²) >= 11 is 0. The molecule has 3 nitrogen and oxygen atoms in total. The predicted molar refractivity (Wildman–Crippen MR) is 243 cm³/mol. The maximum Gasteiger partial charge on any atom is 0.149 e. The van der Waals surface area contributed by atoms with Crippen molar-refractivity contribution in [1.82, 2.24) is 9.55 Å². The Morgan fingerprint density at radius 3 is 1.59 bits per heavy atom. The number of hydrogen-bond donors (Lipinski definition) is 0. The Morgan fingerprint density at radius 2 is 0.948 bits per heavy atom. The quantitative estimate of drug-likeness (QED) is 0.176. The second-order valence-corrected chi connectivity index (χ2v) is 16.2. The van der Waals surface area contributed by atoms with Gasteiger partial charge in [0.05, 0.1) is 22.3 Å². The number of fused-ring (bicyclic) bond motifs is 13. The fourth-order valence-electron chi connectivity index (χ4n) is 9.42. The first-order valence-corrected chi connectivity index (χ1v) is 20.4. The molecule has 0 aliphatic heterocycles. The van der Waals surface area contributed by atoms with Crippen molar-refractivity contribution in [2.75, 3.05) is 0 Å². The molecule has 278 valence electrons. The molecule has 0 fully saturated rings. The SMILES string of the molecule is CC(C)c1cc(-c2ccccc2)cc(C(C)C)c1-n1c(-c2cccc3c2oc2c4c(ccc23)-c2ccccc2-c2ccccc2-c2ccccc2-4)nc2ccccc21. The molecule has 0 unspecified atom stereocenters. The van der Waals surface area contributed by atoms with E-state index in [9.17, 15) is 0 Å². The van der Waals surface area contributed by atoms with E-state index in [4.69, 9.17) is 9.40 Å².